The number of anilines is 1. The summed E-state index contributed by atoms with van der Waals surface area (Å²) in [6.07, 6.45) is 3.49. The summed E-state index contributed by atoms with van der Waals surface area (Å²) in [6.45, 7) is 7.25. The van der Waals surface area contributed by atoms with Crippen LogP contribution in [-0.2, 0) is 9.53 Å². The number of imidazole rings is 1. The third kappa shape index (κ3) is 4.86. The van der Waals surface area contributed by atoms with Gasteiger partial charge in [0, 0.05) is 12.4 Å². The molecule has 0 saturated carbocycles. The normalized spacial score (nSPS) is 10.8. The zero-order chi connectivity index (χ0) is 23.4. The molecule has 168 valence electrons. The molecule has 3 N–H and O–H groups in total. The maximum atomic E-state index is 12.6. The number of primary amides is 1. The second-order valence-corrected chi connectivity index (χ2v) is 7.97. The zero-order valence-electron chi connectivity index (χ0n) is 18.2. The summed E-state index contributed by atoms with van der Waals surface area (Å²) in [6, 6.07) is 6.10. The molecule has 0 unspecified atom stereocenters. The van der Waals surface area contributed by atoms with Crippen LogP contribution in [0.4, 0.5) is 5.88 Å². The number of aryl methyl sites for hydroxylation is 3. The van der Waals surface area contributed by atoms with Crippen molar-refractivity contribution in [1.82, 2.24) is 9.55 Å². The molecule has 0 radical (unpaired) electrons. The molecule has 0 aliphatic rings. The Balaban J connectivity index is 1.77. The Kier molecular flexibility index (Phi) is 7.04. The maximum Gasteiger partial charge on any atom is 0.342 e. The average Bonchev–Trinajstić information content (AvgIpc) is 3.32. The molecule has 10 heteroatoms. The molecule has 9 nitrogen and oxygen atoms in total. The first-order chi connectivity index (χ1) is 15.2. The van der Waals surface area contributed by atoms with Gasteiger partial charge in [-0.15, -0.1) is 0 Å². The number of amides is 2. The minimum Gasteiger partial charge on any atom is -0.462 e. The highest BCUT2D eigenvalue weighted by Gasteiger charge is 2.29. The Labute approximate surface area is 189 Å². The fraction of sp³-hybridized carbons (Fsp3) is 0.273. The minimum atomic E-state index is -0.904. The predicted octanol–water partition coefficient (Wildman–Crippen LogP) is 3.40. The third-order valence-corrected chi connectivity index (χ3v) is 5.59. The number of ether oxygens (including phenoxy) is 1. The number of nitrogens with zero attached hydrogens (tertiary/aromatic N) is 2. The molecule has 0 atom stereocenters. The van der Waals surface area contributed by atoms with E-state index in [9.17, 15) is 14.4 Å². The van der Waals surface area contributed by atoms with Crippen molar-refractivity contribution in [2.24, 2.45) is 5.73 Å². The first-order valence-corrected chi connectivity index (χ1v) is 10.8. The highest BCUT2D eigenvalue weighted by atomic mass is 32.2. The number of carbonyl (C=O) groups is 3. The van der Waals surface area contributed by atoms with Crippen LogP contribution in [0.3, 0.4) is 0 Å². The van der Waals surface area contributed by atoms with E-state index in [0.29, 0.717) is 5.16 Å². The minimum absolute atomic E-state index is 0.00539. The van der Waals surface area contributed by atoms with Crippen LogP contribution in [0.25, 0.3) is 5.69 Å². The number of nitrogens with two attached hydrogens (primary N) is 1. The van der Waals surface area contributed by atoms with E-state index in [1.807, 2.05) is 42.8 Å². The van der Waals surface area contributed by atoms with Gasteiger partial charge in [-0.05, 0) is 44.9 Å². The van der Waals surface area contributed by atoms with Crippen molar-refractivity contribution in [3.05, 3.63) is 58.6 Å². The standard InChI is InChI=1S/C22H24N4O5S/c1-5-30-21(29)17-14(4)31-20(18(17)19(23)28)25-16(27)11-32-22-24-8-9-26(22)15-10-12(2)6-7-13(15)3/h6-10H,5,11H2,1-4H3,(H2,23,28)(H,25,27). The van der Waals surface area contributed by atoms with Crippen molar-refractivity contribution in [1.29, 1.82) is 0 Å². The highest BCUT2D eigenvalue weighted by molar-refractivity contribution is 7.99. The van der Waals surface area contributed by atoms with Crippen LogP contribution in [0.5, 0.6) is 0 Å². The van der Waals surface area contributed by atoms with Gasteiger partial charge in [0.05, 0.1) is 18.0 Å². The van der Waals surface area contributed by atoms with Crippen LogP contribution in [0.1, 0.15) is 44.5 Å². The summed E-state index contributed by atoms with van der Waals surface area (Å²) in [5, 5.41) is 3.15. The number of furan rings is 1. The van der Waals surface area contributed by atoms with Crippen LogP contribution < -0.4 is 11.1 Å². The number of thioether (sulfide) groups is 1. The van der Waals surface area contributed by atoms with E-state index in [1.165, 1.54) is 18.7 Å². The lowest BCUT2D eigenvalue weighted by atomic mass is 10.1. The number of carbonyl (C=O) groups excluding carboxylic acids is 3. The fourth-order valence-corrected chi connectivity index (χ4v) is 3.93. The van der Waals surface area contributed by atoms with Crippen LogP contribution in [0, 0.1) is 20.8 Å². The second-order valence-electron chi connectivity index (χ2n) is 7.03. The number of rotatable bonds is 8. The summed E-state index contributed by atoms with van der Waals surface area (Å²) in [5.74, 6) is -2.15. The Hall–Kier alpha value is -3.53. The Morgan fingerprint density at radius 2 is 1.97 bits per heavy atom. The molecule has 32 heavy (non-hydrogen) atoms. The molecule has 0 bridgehead atoms. The molecule has 1 aromatic carbocycles. The van der Waals surface area contributed by atoms with Crippen molar-refractivity contribution in [3.63, 3.8) is 0 Å². The molecular weight excluding hydrogens is 432 g/mol. The lowest BCUT2D eigenvalue weighted by Crippen LogP contribution is -2.21. The number of hydrogen-bond acceptors (Lipinski definition) is 7. The van der Waals surface area contributed by atoms with Gasteiger partial charge >= 0.3 is 5.97 Å². The molecule has 3 rings (SSSR count). The maximum absolute atomic E-state index is 12.6. The van der Waals surface area contributed by atoms with E-state index in [-0.39, 0.29) is 35.1 Å². The molecule has 2 aromatic heterocycles. The summed E-state index contributed by atoms with van der Waals surface area (Å²) in [5.41, 5.74) is 8.28. The van der Waals surface area contributed by atoms with Crippen LogP contribution >= 0.6 is 11.8 Å². The smallest absolute Gasteiger partial charge is 0.342 e. The quantitative estimate of drug-likeness (QED) is 0.392. The summed E-state index contributed by atoms with van der Waals surface area (Å²) in [4.78, 5) is 41.0. The second kappa shape index (κ2) is 9.73. The molecule has 3 aromatic rings. The topological polar surface area (TPSA) is 129 Å². The van der Waals surface area contributed by atoms with Gasteiger partial charge in [-0.2, -0.15) is 0 Å². The molecule has 0 saturated heterocycles. The molecule has 2 amide bonds. The van der Waals surface area contributed by atoms with Gasteiger partial charge in [-0.3, -0.25) is 19.5 Å². The number of benzene rings is 1. The van der Waals surface area contributed by atoms with E-state index in [2.05, 4.69) is 10.3 Å². The van der Waals surface area contributed by atoms with Crippen LogP contribution in [-0.4, -0.2) is 39.7 Å². The monoisotopic (exact) mass is 456 g/mol. The summed E-state index contributed by atoms with van der Waals surface area (Å²) in [7, 11) is 0. The van der Waals surface area contributed by atoms with Gasteiger partial charge < -0.3 is 14.9 Å². The molecule has 0 aliphatic heterocycles. The van der Waals surface area contributed by atoms with Crippen molar-refractivity contribution < 1.29 is 23.5 Å². The van der Waals surface area contributed by atoms with Crippen LogP contribution in [0.2, 0.25) is 0 Å². The largest absolute Gasteiger partial charge is 0.462 e. The van der Waals surface area contributed by atoms with E-state index in [1.54, 1.807) is 13.1 Å². The van der Waals surface area contributed by atoms with Gasteiger partial charge in [0.25, 0.3) is 5.91 Å². The predicted molar refractivity (Wildman–Crippen MR) is 120 cm³/mol. The van der Waals surface area contributed by atoms with E-state index < -0.39 is 17.8 Å². The van der Waals surface area contributed by atoms with E-state index >= 15 is 0 Å². The van der Waals surface area contributed by atoms with Gasteiger partial charge in [0.15, 0.2) is 5.16 Å². The third-order valence-electron chi connectivity index (χ3n) is 4.63. The van der Waals surface area contributed by atoms with Crippen molar-refractivity contribution in [2.75, 3.05) is 17.7 Å². The lowest BCUT2D eigenvalue weighted by Gasteiger charge is -2.11. The summed E-state index contributed by atoms with van der Waals surface area (Å²) < 4.78 is 12.3. The van der Waals surface area contributed by atoms with Gasteiger partial charge in [-0.25, -0.2) is 9.78 Å². The molecule has 0 aliphatic carbocycles. The summed E-state index contributed by atoms with van der Waals surface area (Å²) >= 11 is 1.22. The van der Waals surface area contributed by atoms with E-state index in [4.69, 9.17) is 14.9 Å². The number of esters is 1. The first-order valence-electron chi connectivity index (χ1n) is 9.86. The first kappa shape index (κ1) is 23.1. The SMILES string of the molecule is CCOC(=O)c1c(C)oc(NC(=O)CSc2nccn2-c2cc(C)ccc2C)c1C(N)=O. The molecule has 0 spiro atoms. The molecular formula is C22H24N4O5S. The van der Waals surface area contributed by atoms with Crippen molar-refractivity contribution >= 4 is 35.4 Å². The average molecular weight is 457 g/mol. The number of hydrogen-bond donors (Lipinski definition) is 2. The fourth-order valence-electron chi connectivity index (χ4n) is 3.17. The Morgan fingerprint density at radius 3 is 2.66 bits per heavy atom. The lowest BCUT2D eigenvalue weighted by molar-refractivity contribution is -0.113. The molecule has 0 fully saturated rings. The van der Waals surface area contributed by atoms with Gasteiger partial charge in [0.2, 0.25) is 11.8 Å². The van der Waals surface area contributed by atoms with Gasteiger partial charge in [-0.1, -0.05) is 23.9 Å². The van der Waals surface area contributed by atoms with Gasteiger partial charge in [0.1, 0.15) is 16.9 Å². The Bertz CT molecular complexity index is 1180. The van der Waals surface area contributed by atoms with E-state index in [0.717, 1.165) is 16.8 Å². The zero-order valence-corrected chi connectivity index (χ0v) is 19.0. The van der Waals surface area contributed by atoms with Crippen molar-refractivity contribution in [3.8, 4) is 5.69 Å². The number of aromatic nitrogens is 2. The highest BCUT2D eigenvalue weighted by Crippen LogP contribution is 2.28. The number of nitrogens with one attached hydrogen (secondary N) is 1. The molecule has 2 heterocycles. The Morgan fingerprint density at radius 1 is 1.22 bits per heavy atom. The van der Waals surface area contributed by atoms with Crippen LogP contribution in [0.15, 0.2) is 40.2 Å². The van der Waals surface area contributed by atoms with Crippen molar-refractivity contribution in [2.45, 2.75) is 32.9 Å².